The molecule has 1 aromatic rings. The van der Waals surface area contributed by atoms with E-state index in [4.69, 9.17) is 4.42 Å². The van der Waals surface area contributed by atoms with Crippen LogP contribution >= 0.6 is 0 Å². The lowest BCUT2D eigenvalue weighted by Crippen LogP contribution is -2.52. The van der Waals surface area contributed by atoms with Crippen LogP contribution in [0.2, 0.25) is 0 Å². The van der Waals surface area contributed by atoms with Gasteiger partial charge in [-0.1, -0.05) is 6.92 Å². The lowest BCUT2D eigenvalue weighted by molar-refractivity contribution is -0.148. The average Bonchev–Trinajstić information content (AvgIpc) is 2.94. The summed E-state index contributed by atoms with van der Waals surface area (Å²) in [6.07, 6.45) is 3.11. The molecule has 98 valence electrons. The first-order valence-corrected chi connectivity index (χ1v) is 6.12. The second kappa shape index (κ2) is 4.48. The van der Waals surface area contributed by atoms with E-state index in [9.17, 15) is 14.7 Å². The van der Waals surface area contributed by atoms with Crippen molar-refractivity contribution >= 4 is 11.9 Å². The number of aryl methyl sites for hydroxylation is 1. The van der Waals surface area contributed by atoms with Gasteiger partial charge in [-0.05, 0) is 32.3 Å². The van der Waals surface area contributed by atoms with E-state index in [2.05, 4.69) is 0 Å². The number of nitrogens with zero attached hydrogens (tertiary/aromatic N) is 1. The Labute approximate surface area is 105 Å². The van der Waals surface area contributed by atoms with Crippen molar-refractivity contribution in [2.75, 3.05) is 6.54 Å². The van der Waals surface area contributed by atoms with Crippen LogP contribution in [0.3, 0.4) is 0 Å². The van der Waals surface area contributed by atoms with E-state index in [1.807, 2.05) is 6.92 Å². The molecule has 1 atom stereocenters. The summed E-state index contributed by atoms with van der Waals surface area (Å²) in [7, 11) is 0. The van der Waals surface area contributed by atoms with Gasteiger partial charge in [-0.2, -0.15) is 0 Å². The quantitative estimate of drug-likeness (QED) is 0.892. The van der Waals surface area contributed by atoms with Gasteiger partial charge < -0.3 is 14.4 Å². The predicted octanol–water partition coefficient (Wildman–Crippen LogP) is 2.06. The number of carbonyl (C=O) groups excluding carboxylic acids is 1. The van der Waals surface area contributed by atoms with Gasteiger partial charge in [0.25, 0.3) is 5.91 Å². The van der Waals surface area contributed by atoms with E-state index < -0.39 is 11.5 Å². The molecule has 1 N–H and O–H groups in total. The van der Waals surface area contributed by atoms with Gasteiger partial charge in [0.15, 0.2) is 0 Å². The number of amides is 1. The molecular formula is C13H17NO4. The maximum Gasteiger partial charge on any atom is 0.329 e. The second-order valence-electron chi connectivity index (χ2n) is 4.64. The van der Waals surface area contributed by atoms with Crippen LogP contribution in [0.25, 0.3) is 0 Å². The number of carboxylic acid groups (broad SMARTS) is 1. The Balaban J connectivity index is 2.35. The van der Waals surface area contributed by atoms with Gasteiger partial charge in [0.2, 0.25) is 0 Å². The summed E-state index contributed by atoms with van der Waals surface area (Å²) in [4.78, 5) is 25.4. The number of furan rings is 1. The van der Waals surface area contributed by atoms with Crippen molar-refractivity contribution in [3.8, 4) is 0 Å². The zero-order chi connectivity index (χ0) is 13.3. The fourth-order valence-electron chi connectivity index (χ4n) is 2.67. The number of hydrogen-bond donors (Lipinski definition) is 1. The molecule has 0 saturated carbocycles. The lowest BCUT2D eigenvalue weighted by atomic mass is 9.92. The average molecular weight is 251 g/mol. The van der Waals surface area contributed by atoms with Gasteiger partial charge >= 0.3 is 5.97 Å². The van der Waals surface area contributed by atoms with Crippen LogP contribution in [0.1, 0.15) is 42.3 Å². The Morgan fingerprint density at radius 3 is 2.78 bits per heavy atom. The largest absolute Gasteiger partial charge is 0.479 e. The van der Waals surface area contributed by atoms with Gasteiger partial charge in [-0.3, -0.25) is 4.79 Å². The van der Waals surface area contributed by atoms with Gasteiger partial charge in [-0.15, -0.1) is 0 Å². The third-order valence-electron chi connectivity index (χ3n) is 3.81. The third kappa shape index (κ3) is 1.70. The Bertz CT molecular complexity index is 479. The third-order valence-corrected chi connectivity index (χ3v) is 3.81. The molecule has 5 heteroatoms. The van der Waals surface area contributed by atoms with Gasteiger partial charge in [0.05, 0.1) is 11.8 Å². The summed E-state index contributed by atoms with van der Waals surface area (Å²) in [5.41, 5.74) is -0.600. The summed E-state index contributed by atoms with van der Waals surface area (Å²) >= 11 is 0. The summed E-state index contributed by atoms with van der Waals surface area (Å²) in [5, 5.41) is 9.43. The molecule has 1 aliphatic heterocycles. The highest BCUT2D eigenvalue weighted by Crippen LogP contribution is 2.34. The second-order valence-corrected chi connectivity index (χ2v) is 4.64. The maximum absolute atomic E-state index is 12.4. The SMILES string of the molecule is CCC1(C(=O)O)CCCN1C(=O)c1ccoc1C. The van der Waals surface area contributed by atoms with Crippen LogP contribution in [0, 0.1) is 6.92 Å². The number of hydrogen-bond acceptors (Lipinski definition) is 3. The number of likely N-dealkylation sites (tertiary alicyclic amines) is 1. The summed E-state index contributed by atoms with van der Waals surface area (Å²) < 4.78 is 5.11. The fraction of sp³-hybridized carbons (Fsp3) is 0.538. The first kappa shape index (κ1) is 12.7. The summed E-state index contributed by atoms with van der Waals surface area (Å²) in [6, 6.07) is 1.60. The molecular weight excluding hydrogens is 234 g/mol. The molecule has 0 aromatic carbocycles. The molecule has 0 aliphatic carbocycles. The van der Waals surface area contributed by atoms with E-state index in [1.54, 1.807) is 13.0 Å². The molecule has 18 heavy (non-hydrogen) atoms. The molecule has 1 aromatic heterocycles. The van der Waals surface area contributed by atoms with E-state index in [0.29, 0.717) is 30.7 Å². The van der Waals surface area contributed by atoms with Crippen molar-refractivity contribution in [1.29, 1.82) is 0 Å². The zero-order valence-corrected chi connectivity index (χ0v) is 10.6. The molecule has 1 aliphatic rings. The molecule has 1 amide bonds. The minimum absolute atomic E-state index is 0.247. The van der Waals surface area contributed by atoms with E-state index in [1.165, 1.54) is 11.2 Å². The van der Waals surface area contributed by atoms with Crippen molar-refractivity contribution in [3.63, 3.8) is 0 Å². The first-order chi connectivity index (χ1) is 8.53. The van der Waals surface area contributed by atoms with Crippen molar-refractivity contribution in [2.24, 2.45) is 0 Å². The maximum atomic E-state index is 12.4. The Morgan fingerprint density at radius 1 is 1.56 bits per heavy atom. The van der Waals surface area contributed by atoms with E-state index in [-0.39, 0.29) is 5.91 Å². The molecule has 2 rings (SSSR count). The standard InChI is InChI=1S/C13H17NO4/c1-3-13(12(16)17)6-4-7-14(13)11(15)10-5-8-18-9(10)2/h5,8H,3-4,6-7H2,1-2H3,(H,16,17). The van der Waals surface area contributed by atoms with E-state index >= 15 is 0 Å². The Kier molecular flexibility index (Phi) is 3.15. The summed E-state index contributed by atoms with van der Waals surface area (Å²) in [6.45, 7) is 4.00. The van der Waals surface area contributed by atoms with Crippen molar-refractivity contribution < 1.29 is 19.1 Å². The normalized spacial score (nSPS) is 23.3. The molecule has 2 heterocycles. The van der Waals surface area contributed by atoms with E-state index in [0.717, 1.165) is 6.42 Å². The Morgan fingerprint density at radius 2 is 2.28 bits per heavy atom. The predicted molar refractivity (Wildman–Crippen MR) is 64.4 cm³/mol. The topological polar surface area (TPSA) is 70.8 Å². The lowest BCUT2D eigenvalue weighted by Gasteiger charge is -2.33. The number of aliphatic carboxylic acids is 1. The van der Waals surface area contributed by atoms with Gasteiger partial charge in [-0.25, -0.2) is 4.79 Å². The van der Waals surface area contributed by atoms with Gasteiger partial charge in [0.1, 0.15) is 11.3 Å². The van der Waals surface area contributed by atoms with Crippen LogP contribution in [0.15, 0.2) is 16.7 Å². The van der Waals surface area contributed by atoms with Crippen molar-refractivity contribution in [2.45, 2.75) is 38.6 Å². The minimum Gasteiger partial charge on any atom is -0.479 e. The van der Waals surface area contributed by atoms with Crippen LogP contribution in [0.5, 0.6) is 0 Å². The number of carbonyl (C=O) groups is 2. The zero-order valence-electron chi connectivity index (χ0n) is 10.6. The minimum atomic E-state index is -1.05. The van der Waals surface area contributed by atoms with Crippen LogP contribution in [0.4, 0.5) is 0 Å². The smallest absolute Gasteiger partial charge is 0.329 e. The summed E-state index contributed by atoms with van der Waals surface area (Å²) in [5.74, 6) is -0.637. The Hall–Kier alpha value is -1.78. The molecule has 1 fully saturated rings. The first-order valence-electron chi connectivity index (χ1n) is 6.12. The molecule has 0 bridgehead atoms. The number of carboxylic acids is 1. The highest BCUT2D eigenvalue weighted by atomic mass is 16.4. The fourth-order valence-corrected chi connectivity index (χ4v) is 2.67. The van der Waals surface area contributed by atoms with Crippen molar-refractivity contribution in [1.82, 2.24) is 4.90 Å². The van der Waals surface area contributed by atoms with Crippen LogP contribution in [-0.4, -0.2) is 34.0 Å². The van der Waals surface area contributed by atoms with Crippen molar-refractivity contribution in [3.05, 3.63) is 23.7 Å². The molecule has 5 nitrogen and oxygen atoms in total. The monoisotopic (exact) mass is 251 g/mol. The molecule has 0 spiro atoms. The highest BCUT2D eigenvalue weighted by Gasteiger charge is 2.48. The highest BCUT2D eigenvalue weighted by molar-refractivity contribution is 5.99. The van der Waals surface area contributed by atoms with Gasteiger partial charge in [0, 0.05) is 6.54 Å². The molecule has 1 saturated heterocycles. The number of rotatable bonds is 3. The van der Waals surface area contributed by atoms with Crippen LogP contribution < -0.4 is 0 Å². The molecule has 0 radical (unpaired) electrons. The molecule has 1 unspecified atom stereocenters. The van der Waals surface area contributed by atoms with Crippen LogP contribution in [-0.2, 0) is 4.79 Å².